The van der Waals surface area contributed by atoms with Gasteiger partial charge in [0.05, 0.1) is 6.61 Å². The summed E-state index contributed by atoms with van der Waals surface area (Å²) < 4.78 is 0. The van der Waals surface area contributed by atoms with Crippen LogP contribution in [0.2, 0.25) is 0 Å². The number of benzene rings is 2. The van der Waals surface area contributed by atoms with Gasteiger partial charge in [0.15, 0.2) is 0 Å². The molecule has 4 N–H and O–H groups in total. The molecule has 202 valence electrons. The smallest absolute Gasteiger partial charge is 0.144 e. The van der Waals surface area contributed by atoms with E-state index in [1.807, 2.05) is 24.3 Å². The average molecular weight is 499 g/mol. The first-order chi connectivity index (χ1) is 16.1. The molecule has 2 aromatic rings. The van der Waals surface area contributed by atoms with E-state index in [1.54, 1.807) is 0 Å². The van der Waals surface area contributed by atoms with Crippen molar-refractivity contribution in [2.75, 3.05) is 6.61 Å². The monoisotopic (exact) mass is 498 g/mol. The first-order valence-corrected chi connectivity index (χ1v) is 13.1. The Morgan fingerprint density at radius 3 is 1.14 bits per heavy atom. The van der Waals surface area contributed by atoms with E-state index in [0.717, 1.165) is 22.3 Å². The molecule has 0 aromatic heterocycles. The minimum Gasteiger partial charge on any atom is -0.394 e. The maximum atomic E-state index is 12.7. The Balaban J connectivity index is 3.08. The van der Waals surface area contributed by atoms with Crippen LogP contribution in [0.4, 0.5) is 0 Å². The second-order valence-electron chi connectivity index (χ2n) is 14.5. The molecule has 0 bridgehead atoms. The maximum absolute atomic E-state index is 12.7. The van der Waals surface area contributed by atoms with Crippen molar-refractivity contribution < 1.29 is 20.4 Å². The molecule has 0 aliphatic rings. The van der Waals surface area contributed by atoms with Crippen molar-refractivity contribution in [2.45, 2.75) is 123 Å². The largest absolute Gasteiger partial charge is 0.394 e. The molecule has 2 aromatic carbocycles. The van der Waals surface area contributed by atoms with Crippen molar-refractivity contribution in [2.24, 2.45) is 0 Å². The van der Waals surface area contributed by atoms with Gasteiger partial charge >= 0.3 is 0 Å². The molecule has 2 unspecified atom stereocenters. The van der Waals surface area contributed by atoms with E-state index < -0.39 is 24.4 Å². The highest BCUT2D eigenvalue weighted by atomic mass is 16.4. The highest BCUT2D eigenvalue weighted by Crippen LogP contribution is 2.46. The summed E-state index contributed by atoms with van der Waals surface area (Å²) in [6.45, 7) is 24.7. The van der Waals surface area contributed by atoms with Crippen molar-refractivity contribution >= 4 is 0 Å². The third-order valence-corrected chi connectivity index (χ3v) is 7.19. The molecule has 4 heteroatoms. The second-order valence-corrected chi connectivity index (χ2v) is 14.5. The molecule has 0 aliphatic heterocycles. The van der Waals surface area contributed by atoms with Gasteiger partial charge in [-0.15, -0.1) is 0 Å². The van der Waals surface area contributed by atoms with Gasteiger partial charge < -0.3 is 20.4 Å². The second kappa shape index (κ2) is 9.87. The van der Waals surface area contributed by atoms with Crippen molar-refractivity contribution in [1.82, 2.24) is 0 Å². The van der Waals surface area contributed by atoms with Crippen LogP contribution in [0.15, 0.2) is 36.4 Å². The molecule has 0 radical (unpaired) electrons. The topological polar surface area (TPSA) is 80.9 Å². The third kappa shape index (κ3) is 6.05. The lowest BCUT2D eigenvalue weighted by Crippen LogP contribution is -2.51. The van der Waals surface area contributed by atoms with Gasteiger partial charge in [-0.3, -0.25) is 0 Å². The summed E-state index contributed by atoms with van der Waals surface area (Å²) in [5.74, 6) is 0. The van der Waals surface area contributed by atoms with Crippen LogP contribution in [0.1, 0.15) is 116 Å². The first kappa shape index (κ1) is 30.5. The van der Waals surface area contributed by atoms with Crippen molar-refractivity contribution in [3.63, 3.8) is 0 Å². The van der Waals surface area contributed by atoms with Crippen molar-refractivity contribution in [3.8, 4) is 0 Å². The van der Waals surface area contributed by atoms with Crippen LogP contribution >= 0.6 is 0 Å². The minimum atomic E-state index is -1.96. The summed E-state index contributed by atoms with van der Waals surface area (Å²) in [6.07, 6.45) is -3.18. The fraction of sp³-hybridized carbons (Fsp3) is 0.625. The van der Waals surface area contributed by atoms with Gasteiger partial charge in [0.1, 0.15) is 17.8 Å². The lowest BCUT2D eigenvalue weighted by Gasteiger charge is -2.42. The molecule has 0 saturated heterocycles. The Morgan fingerprint density at radius 1 is 0.556 bits per heavy atom. The van der Waals surface area contributed by atoms with Crippen LogP contribution in [0.25, 0.3) is 0 Å². The Kier molecular flexibility index (Phi) is 8.36. The highest BCUT2D eigenvalue weighted by molar-refractivity contribution is 5.52. The molecule has 2 rings (SSSR count). The number of hydrogen-bond acceptors (Lipinski definition) is 4. The van der Waals surface area contributed by atoms with Crippen LogP contribution in [0.3, 0.4) is 0 Å². The number of aliphatic hydroxyl groups is 4. The zero-order valence-electron chi connectivity index (χ0n) is 24.6. The molecule has 0 aliphatic carbocycles. The molecule has 0 fully saturated rings. The zero-order valence-corrected chi connectivity index (χ0v) is 24.6. The normalized spacial score (nSPS) is 15.7. The average Bonchev–Trinajstić information content (AvgIpc) is 2.74. The standard InChI is InChI=1S/C32H50O4/c1-28(2,3)20-13-15-22(24(17-20)30(7,8)9)32(36,27(35)26(34)19-33)23-16-14-21(29(4,5)6)18-25(23)31(10,11)12/h13-18,26-27,33-36H,19H2,1-12H3. The molecule has 36 heavy (non-hydrogen) atoms. The summed E-state index contributed by atoms with van der Waals surface area (Å²) in [5, 5.41) is 44.7. The molecule has 0 heterocycles. The van der Waals surface area contributed by atoms with Gasteiger partial charge in [-0.25, -0.2) is 0 Å². The van der Waals surface area contributed by atoms with Crippen LogP contribution in [-0.2, 0) is 27.3 Å². The summed E-state index contributed by atoms with van der Waals surface area (Å²) in [4.78, 5) is 0. The zero-order chi connectivity index (χ0) is 28.1. The van der Waals surface area contributed by atoms with Crippen LogP contribution in [-0.4, -0.2) is 39.2 Å². The van der Waals surface area contributed by atoms with Gasteiger partial charge in [-0.1, -0.05) is 119 Å². The lowest BCUT2D eigenvalue weighted by atomic mass is 9.67. The van der Waals surface area contributed by atoms with Gasteiger partial charge in [0.25, 0.3) is 0 Å². The fourth-order valence-electron chi connectivity index (χ4n) is 4.77. The molecule has 0 saturated carbocycles. The van der Waals surface area contributed by atoms with E-state index >= 15 is 0 Å². The highest BCUT2D eigenvalue weighted by Gasteiger charge is 2.48. The number of rotatable bonds is 5. The molecular weight excluding hydrogens is 448 g/mol. The van der Waals surface area contributed by atoms with Gasteiger partial charge in [0.2, 0.25) is 0 Å². The summed E-state index contributed by atoms with van der Waals surface area (Å²) >= 11 is 0. The van der Waals surface area contributed by atoms with Crippen LogP contribution in [0.5, 0.6) is 0 Å². The van der Waals surface area contributed by atoms with E-state index in [9.17, 15) is 20.4 Å². The first-order valence-electron chi connectivity index (χ1n) is 13.1. The SMILES string of the molecule is CC(C)(C)c1ccc(C(O)(c2ccc(C(C)(C)C)cc2C(C)(C)C)C(O)C(O)CO)c(C(C)(C)C)c1. The van der Waals surface area contributed by atoms with E-state index in [1.165, 1.54) is 0 Å². The van der Waals surface area contributed by atoms with Gasteiger partial charge in [-0.05, 0) is 55.0 Å². The van der Waals surface area contributed by atoms with E-state index in [4.69, 9.17) is 0 Å². The quantitative estimate of drug-likeness (QED) is 0.418. The summed E-state index contributed by atoms with van der Waals surface area (Å²) in [6, 6.07) is 12.0. The predicted octanol–water partition coefficient (Wildman–Crippen LogP) is 5.83. The Bertz CT molecular complexity index is 980. The summed E-state index contributed by atoms with van der Waals surface area (Å²) in [5.41, 5.74) is 2.21. The Morgan fingerprint density at radius 2 is 0.889 bits per heavy atom. The van der Waals surface area contributed by atoms with Gasteiger partial charge in [-0.2, -0.15) is 0 Å². The van der Waals surface area contributed by atoms with Crippen LogP contribution in [0, 0.1) is 0 Å². The number of aliphatic hydroxyl groups excluding tert-OH is 3. The molecule has 0 amide bonds. The van der Waals surface area contributed by atoms with Gasteiger partial charge in [0, 0.05) is 0 Å². The Labute approximate surface area is 219 Å². The fourth-order valence-corrected chi connectivity index (χ4v) is 4.77. The molecule has 4 nitrogen and oxygen atoms in total. The van der Waals surface area contributed by atoms with Crippen LogP contribution < -0.4 is 0 Å². The predicted molar refractivity (Wildman–Crippen MR) is 150 cm³/mol. The van der Waals surface area contributed by atoms with E-state index in [0.29, 0.717) is 11.1 Å². The maximum Gasteiger partial charge on any atom is 0.144 e. The molecule has 2 atom stereocenters. The van der Waals surface area contributed by atoms with Crippen molar-refractivity contribution in [3.05, 3.63) is 69.8 Å². The molecule has 0 spiro atoms. The lowest BCUT2D eigenvalue weighted by molar-refractivity contribution is -0.120. The third-order valence-electron chi connectivity index (χ3n) is 7.19. The molecular formula is C32H50O4. The number of hydrogen-bond donors (Lipinski definition) is 4. The van der Waals surface area contributed by atoms with E-state index in [-0.39, 0.29) is 21.7 Å². The summed E-state index contributed by atoms with van der Waals surface area (Å²) in [7, 11) is 0. The minimum absolute atomic E-state index is 0.106. The van der Waals surface area contributed by atoms with E-state index in [2.05, 4.69) is 95.2 Å². The van der Waals surface area contributed by atoms with Crippen molar-refractivity contribution in [1.29, 1.82) is 0 Å². The Hall–Kier alpha value is -1.72.